The van der Waals surface area contributed by atoms with Crippen LogP contribution in [0.3, 0.4) is 0 Å². The third-order valence-corrected chi connectivity index (χ3v) is 5.24. The van der Waals surface area contributed by atoms with E-state index in [1.807, 2.05) is 42.5 Å². The maximum absolute atomic E-state index is 11.7. The molecule has 5 heteroatoms. The molecule has 26 heavy (non-hydrogen) atoms. The van der Waals surface area contributed by atoms with E-state index in [0.717, 1.165) is 28.0 Å². The van der Waals surface area contributed by atoms with E-state index in [2.05, 4.69) is 11.1 Å². The topological polar surface area (TPSA) is 60.2 Å². The molecule has 129 valence electrons. The Morgan fingerprint density at radius 1 is 1.04 bits per heavy atom. The van der Waals surface area contributed by atoms with Gasteiger partial charge in [0.2, 0.25) is 0 Å². The minimum atomic E-state index is -3.22. The maximum Gasteiger partial charge on any atom is 0.175 e. The Labute approximate surface area is 152 Å². The molecule has 2 heterocycles. The first-order valence-corrected chi connectivity index (χ1v) is 10.0. The summed E-state index contributed by atoms with van der Waals surface area (Å²) in [5.41, 5.74) is 4.07. The highest BCUT2D eigenvalue weighted by molar-refractivity contribution is 7.90. The zero-order valence-electron chi connectivity index (χ0n) is 14.1. The Morgan fingerprint density at radius 3 is 2.62 bits per heavy atom. The van der Waals surface area contributed by atoms with Crippen LogP contribution in [0.15, 0.2) is 76.2 Å². The molecule has 0 unspecified atom stereocenters. The van der Waals surface area contributed by atoms with Crippen LogP contribution in [0.25, 0.3) is 22.4 Å². The van der Waals surface area contributed by atoms with Gasteiger partial charge in [-0.15, -0.1) is 0 Å². The summed E-state index contributed by atoms with van der Waals surface area (Å²) in [6.07, 6.45) is 3.49. The van der Waals surface area contributed by atoms with Gasteiger partial charge in [-0.05, 0) is 29.7 Å². The molecule has 0 aliphatic heterocycles. The highest BCUT2D eigenvalue weighted by Crippen LogP contribution is 2.27. The minimum Gasteiger partial charge on any atom is -0.454 e. The molecular formula is C21H16NO3S. The quantitative estimate of drug-likeness (QED) is 0.543. The summed E-state index contributed by atoms with van der Waals surface area (Å²) in [4.78, 5) is 4.76. The van der Waals surface area contributed by atoms with Crippen LogP contribution >= 0.6 is 0 Å². The van der Waals surface area contributed by atoms with E-state index in [9.17, 15) is 8.42 Å². The zero-order valence-corrected chi connectivity index (χ0v) is 15.0. The minimum absolute atomic E-state index is 0.313. The Morgan fingerprint density at radius 2 is 1.85 bits per heavy atom. The molecule has 0 aliphatic rings. The summed E-state index contributed by atoms with van der Waals surface area (Å²) in [6.45, 7) is 0. The summed E-state index contributed by atoms with van der Waals surface area (Å²) in [5.74, 6) is 0.751. The average Bonchev–Trinajstić information content (AvgIpc) is 3.05. The molecule has 2 aromatic carbocycles. The van der Waals surface area contributed by atoms with E-state index in [0.29, 0.717) is 16.9 Å². The largest absolute Gasteiger partial charge is 0.454 e. The maximum atomic E-state index is 11.7. The molecule has 4 nitrogen and oxygen atoms in total. The summed E-state index contributed by atoms with van der Waals surface area (Å²) < 4.78 is 29.3. The molecule has 1 radical (unpaired) electrons. The molecule has 0 fully saturated rings. The van der Waals surface area contributed by atoms with Crippen molar-refractivity contribution in [1.29, 1.82) is 0 Å². The molecule has 0 aliphatic carbocycles. The van der Waals surface area contributed by atoms with Crippen molar-refractivity contribution in [2.45, 2.75) is 11.3 Å². The Hall–Kier alpha value is -2.92. The number of hydrogen-bond acceptors (Lipinski definition) is 4. The van der Waals surface area contributed by atoms with Crippen LogP contribution < -0.4 is 0 Å². The van der Waals surface area contributed by atoms with Gasteiger partial charge in [-0.25, -0.2) is 8.42 Å². The monoisotopic (exact) mass is 362 g/mol. The molecule has 4 aromatic rings. The van der Waals surface area contributed by atoms with Gasteiger partial charge in [0, 0.05) is 30.1 Å². The predicted octanol–water partition coefficient (Wildman–Crippen LogP) is 4.29. The highest BCUT2D eigenvalue weighted by atomic mass is 32.2. The first kappa shape index (κ1) is 16.5. The van der Waals surface area contributed by atoms with Crippen LogP contribution in [0, 0.1) is 6.07 Å². The van der Waals surface area contributed by atoms with Crippen LogP contribution in [-0.4, -0.2) is 19.7 Å². The van der Waals surface area contributed by atoms with Crippen molar-refractivity contribution in [2.24, 2.45) is 0 Å². The van der Waals surface area contributed by atoms with Crippen LogP contribution in [0.5, 0.6) is 0 Å². The first-order chi connectivity index (χ1) is 12.5. The normalized spacial score (nSPS) is 11.7. The summed E-state index contributed by atoms with van der Waals surface area (Å²) >= 11 is 0. The van der Waals surface area contributed by atoms with Crippen molar-refractivity contribution >= 4 is 20.9 Å². The fraction of sp³-hybridized carbons (Fsp3) is 0.0952. The van der Waals surface area contributed by atoms with Gasteiger partial charge in [-0.3, -0.25) is 4.98 Å². The lowest BCUT2D eigenvalue weighted by atomic mass is 10.1. The molecule has 0 spiro atoms. The van der Waals surface area contributed by atoms with E-state index < -0.39 is 9.84 Å². The number of rotatable bonds is 4. The second-order valence-corrected chi connectivity index (χ2v) is 8.21. The van der Waals surface area contributed by atoms with Crippen LogP contribution in [-0.2, 0) is 16.3 Å². The molecule has 2 aromatic heterocycles. The highest BCUT2D eigenvalue weighted by Gasteiger charge is 2.10. The lowest BCUT2D eigenvalue weighted by molar-refractivity contribution is 0.601. The number of furan rings is 1. The summed E-state index contributed by atoms with van der Waals surface area (Å²) in [5, 5.41) is 0. The number of sulfone groups is 1. The predicted molar refractivity (Wildman–Crippen MR) is 101 cm³/mol. The van der Waals surface area contributed by atoms with Crippen molar-refractivity contribution in [3.8, 4) is 11.3 Å². The lowest BCUT2D eigenvalue weighted by Crippen LogP contribution is -1.98. The van der Waals surface area contributed by atoms with Gasteiger partial charge in [-0.1, -0.05) is 42.5 Å². The summed E-state index contributed by atoms with van der Waals surface area (Å²) in [6, 6.07) is 21.9. The molecule has 0 bridgehead atoms. The third-order valence-electron chi connectivity index (χ3n) is 4.13. The fourth-order valence-corrected chi connectivity index (χ4v) is 3.52. The molecule has 0 atom stereocenters. The average molecular weight is 362 g/mol. The molecule has 0 amide bonds. The fourth-order valence-electron chi connectivity index (χ4n) is 2.83. The molecular weight excluding hydrogens is 346 g/mol. The molecule has 0 N–H and O–H groups in total. The smallest absolute Gasteiger partial charge is 0.175 e. The van der Waals surface area contributed by atoms with Gasteiger partial charge >= 0.3 is 0 Å². The van der Waals surface area contributed by atoms with E-state index >= 15 is 0 Å². The van der Waals surface area contributed by atoms with Crippen LogP contribution in [0.1, 0.15) is 11.1 Å². The number of pyridine rings is 1. The number of hydrogen-bond donors (Lipinski definition) is 0. The lowest BCUT2D eigenvalue weighted by Gasteiger charge is -2.04. The standard InChI is InChI=1S/C21H16NO3S/c1-26(23,24)18-9-5-6-15(11-18)10-16-12-21-19(22-14-16)13-20(25-21)17-7-3-2-4-8-17/h2-9,11,13-14H,10H2,1H3. The van der Waals surface area contributed by atoms with Gasteiger partial charge in [0.25, 0.3) is 0 Å². The van der Waals surface area contributed by atoms with E-state index in [-0.39, 0.29) is 0 Å². The van der Waals surface area contributed by atoms with Crippen LogP contribution in [0.2, 0.25) is 0 Å². The number of fused-ring (bicyclic) bond motifs is 1. The number of benzene rings is 2. The van der Waals surface area contributed by atoms with Crippen molar-refractivity contribution in [3.05, 3.63) is 84.1 Å². The second kappa shape index (κ2) is 6.42. The molecule has 0 saturated carbocycles. The molecule has 0 saturated heterocycles. The Bertz CT molecular complexity index is 1180. The number of nitrogens with zero attached hydrogens (tertiary/aromatic N) is 1. The van der Waals surface area contributed by atoms with E-state index in [1.54, 1.807) is 24.4 Å². The Kier molecular flexibility index (Phi) is 4.09. The second-order valence-electron chi connectivity index (χ2n) is 6.20. The Balaban J connectivity index is 1.66. The number of aromatic nitrogens is 1. The van der Waals surface area contributed by atoms with Crippen molar-refractivity contribution in [1.82, 2.24) is 4.98 Å². The van der Waals surface area contributed by atoms with E-state index in [1.165, 1.54) is 6.26 Å². The SMILES string of the molecule is CS(=O)(=O)c1cccc(Cc2[c]c3oc(-c4ccccc4)cc3nc2)c1. The molecule has 4 rings (SSSR count). The van der Waals surface area contributed by atoms with Gasteiger partial charge in [0.1, 0.15) is 11.3 Å². The van der Waals surface area contributed by atoms with Crippen molar-refractivity contribution < 1.29 is 12.8 Å². The van der Waals surface area contributed by atoms with Crippen molar-refractivity contribution in [3.63, 3.8) is 0 Å². The first-order valence-electron chi connectivity index (χ1n) is 8.14. The van der Waals surface area contributed by atoms with E-state index in [4.69, 9.17) is 4.42 Å². The van der Waals surface area contributed by atoms with Gasteiger partial charge in [-0.2, -0.15) is 0 Å². The third kappa shape index (κ3) is 3.39. The summed E-state index contributed by atoms with van der Waals surface area (Å²) in [7, 11) is -3.22. The zero-order chi connectivity index (χ0) is 18.1. The van der Waals surface area contributed by atoms with Gasteiger partial charge < -0.3 is 4.42 Å². The van der Waals surface area contributed by atoms with Gasteiger partial charge in [0.05, 0.1) is 4.90 Å². The van der Waals surface area contributed by atoms with Crippen LogP contribution in [0.4, 0.5) is 0 Å². The van der Waals surface area contributed by atoms with Crippen molar-refractivity contribution in [2.75, 3.05) is 6.26 Å². The van der Waals surface area contributed by atoms with Gasteiger partial charge in [0.15, 0.2) is 15.4 Å².